The predicted molar refractivity (Wildman–Crippen MR) is 64.9 cm³/mol. The SMILES string of the molecule is C=C(N)NCC/C(C=N)=C1/NCC(C)CO1. The van der Waals surface area contributed by atoms with Gasteiger partial charge in [-0.3, -0.25) is 0 Å². The van der Waals surface area contributed by atoms with Gasteiger partial charge in [-0.25, -0.2) is 0 Å². The molecule has 1 saturated heterocycles. The van der Waals surface area contributed by atoms with Gasteiger partial charge in [-0.1, -0.05) is 13.5 Å². The first kappa shape index (κ1) is 12.4. The molecule has 1 atom stereocenters. The van der Waals surface area contributed by atoms with Crippen molar-refractivity contribution < 1.29 is 4.74 Å². The summed E-state index contributed by atoms with van der Waals surface area (Å²) in [5.41, 5.74) is 6.24. The monoisotopic (exact) mass is 224 g/mol. The Kier molecular flexibility index (Phi) is 4.69. The summed E-state index contributed by atoms with van der Waals surface area (Å²) in [6, 6.07) is 0. The van der Waals surface area contributed by atoms with Gasteiger partial charge in [-0.2, -0.15) is 0 Å². The molecule has 0 spiro atoms. The van der Waals surface area contributed by atoms with Crippen molar-refractivity contribution in [2.45, 2.75) is 13.3 Å². The van der Waals surface area contributed by atoms with Crippen molar-refractivity contribution in [1.82, 2.24) is 10.6 Å². The lowest BCUT2D eigenvalue weighted by Gasteiger charge is -2.25. The summed E-state index contributed by atoms with van der Waals surface area (Å²) in [4.78, 5) is 0. The maximum absolute atomic E-state index is 7.35. The van der Waals surface area contributed by atoms with Gasteiger partial charge in [0.2, 0.25) is 0 Å². The molecule has 0 aromatic heterocycles. The summed E-state index contributed by atoms with van der Waals surface area (Å²) in [7, 11) is 0. The van der Waals surface area contributed by atoms with Crippen molar-refractivity contribution in [2.24, 2.45) is 11.7 Å². The fraction of sp³-hybridized carbons (Fsp3) is 0.545. The zero-order chi connectivity index (χ0) is 12.0. The van der Waals surface area contributed by atoms with Crippen LogP contribution < -0.4 is 16.4 Å². The first-order valence-corrected chi connectivity index (χ1v) is 5.42. The summed E-state index contributed by atoms with van der Waals surface area (Å²) in [5, 5.41) is 13.5. The number of ether oxygens (including phenoxy) is 1. The molecule has 1 fully saturated rings. The molecule has 0 amide bonds. The molecule has 1 aliphatic rings. The van der Waals surface area contributed by atoms with Gasteiger partial charge in [0.25, 0.3) is 0 Å². The van der Waals surface area contributed by atoms with Crippen LogP contribution in [0.3, 0.4) is 0 Å². The largest absolute Gasteiger partial charge is 0.479 e. The molecule has 0 aliphatic carbocycles. The Balaban J connectivity index is 2.48. The Bertz CT molecular complexity index is 288. The molecule has 0 bridgehead atoms. The van der Waals surface area contributed by atoms with E-state index < -0.39 is 0 Å². The molecule has 0 aromatic carbocycles. The van der Waals surface area contributed by atoms with Crippen LogP contribution >= 0.6 is 0 Å². The van der Waals surface area contributed by atoms with Crippen LogP contribution in [0.2, 0.25) is 0 Å². The molecule has 90 valence electrons. The average molecular weight is 224 g/mol. The van der Waals surface area contributed by atoms with E-state index in [0.717, 1.165) is 18.0 Å². The number of nitrogens with one attached hydrogen (secondary N) is 3. The van der Waals surface area contributed by atoms with E-state index in [1.807, 2.05) is 0 Å². The Labute approximate surface area is 96.2 Å². The van der Waals surface area contributed by atoms with Gasteiger partial charge in [0.1, 0.15) is 0 Å². The maximum Gasteiger partial charge on any atom is 0.191 e. The third-order valence-electron chi connectivity index (χ3n) is 2.34. The van der Waals surface area contributed by atoms with E-state index >= 15 is 0 Å². The molecule has 0 aromatic rings. The van der Waals surface area contributed by atoms with E-state index in [-0.39, 0.29) is 0 Å². The third kappa shape index (κ3) is 3.84. The highest BCUT2D eigenvalue weighted by atomic mass is 16.5. The third-order valence-corrected chi connectivity index (χ3v) is 2.34. The van der Waals surface area contributed by atoms with Gasteiger partial charge < -0.3 is 26.5 Å². The average Bonchev–Trinajstić information content (AvgIpc) is 2.26. The highest BCUT2D eigenvalue weighted by molar-refractivity contribution is 5.76. The molecule has 1 unspecified atom stereocenters. The van der Waals surface area contributed by atoms with Gasteiger partial charge >= 0.3 is 0 Å². The zero-order valence-corrected chi connectivity index (χ0v) is 9.68. The number of nitrogens with two attached hydrogens (primary N) is 1. The Morgan fingerprint density at radius 2 is 2.56 bits per heavy atom. The molecule has 0 radical (unpaired) electrons. The second kappa shape index (κ2) is 6.05. The molecule has 5 nitrogen and oxygen atoms in total. The van der Waals surface area contributed by atoms with Gasteiger partial charge in [-0.05, 0) is 6.42 Å². The minimum Gasteiger partial charge on any atom is -0.479 e. The van der Waals surface area contributed by atoms with Crippen LogP contribution in [0.15, 0.2) is 23.9 Å². The number of hydrogen-bond acceptors (Lipinski definition) is 5. The van der Waals surface area contributed by atoms with Crippen LogP contribution in [0, 0.1) is 11.3 Å². The summed E-state index contributed by atoms with van der Waals surface area (Å²) < 4.78 is 5.54. The van der Waals surface area contributed by atoms with Crippen LogP contribution in [0.4, 0.5) is 0 Å². The van der Waals surface area contributed by atoms with Crippen molar-refractivity contribution in [3.05, 3.63) is 23.9 Å². The predicted octanol–water partition coefficient (Wildman–Crippen LogP) is 0.513. The molecule has 1 heterocycles. The second-order valence-corrected chi connectivity index (χ2v) is 4.00. The lowest BCUT2D eigenvalue weighted by molar-refractivity contribution is 0.115. The molecule has 1 aliphatic heterocycles. The van der Waals surface area contributed by atoms with Crippen LogP contribution in [-0.4, -0.2) is 25.9 Å². The topological polar surface area (TPSA) is 83.2 Å². The fourth-order valence-electron chi connectivity index (χ4n) is 1.42. The van der Waals surface area contributed by atoms with Crippen LogP contribution in [0.5, 0.6) is 0 Å². The smallest absolute Gasteiger partial charge is 0.191 e. The van der Waals surface area contributed by atoms with E-state index in [1.165, 1.54) is 6.21 Å². The van der Waals surface area contributed by atoms with Gasteiger partial charge in [0.05, 0.1) is 12.4 Å². The molecule has 16 heavy (non-hydrogen) atoms. The number of rotatable bonds is 5. The van der Waals surface area contributed by atoms with E-state index in [1.54, 1.807) is 0 Å². The summed E-state index contributed by atoms with van der Waals surface area (Å²) in [6.07, 6.45) is 2.01. The van der Waals surface area contributed by atoms with Crippen molar-refractivity contribution in [3.63, 3.8) is 0 Å². The minimum atomic E-state index is 0.445. The first-order chi connectivity index (χ1) is 7.63. The van der Waals surface area contributed by atoms with Gasteiger partial charge in [0.15, 0.2) is 5.88 Å². The number of hydrogen-bond donors (Lipinski definition) is 4. The van der Waals surface area contributed by atoms with Crippen LogP contribution in [0.25, 0.3) is 0 Å². The Hall–Kier alpha value is -1.65. The Morgan fingerprint density at radius 3 is 3.06 bits per heavy atom. The molecular weight excluding hydrogens is 204 g/mol. The van der Waals surface area contributed by atoms with Crippen molar-refractivity contribution in [3.8, 4) is 0 Å². The Morgan fingerprint density at radius 1 is 1.81 bits per heavy atom. The van der Waals surface area contributed by atoms with Crippen molar-refractivity contribution >= 4 is 6.21 Å². The molecule has 5 heteroatoms. The summed E-state index contributed by atoms with van der Waals surface area (Å²) in [5.74, 6) is 1.68. The van der Waals surface area contributed by atoms with Gasteiger partial charge in [-0.15, -0.1) is 0 Å². The molecule has 0 saturated carbocycles. The first-order valence-electron chi connectivity index (χ1n) is 5.42. The molecule has 1 rings (SSSR count). The van der Waals surface area contributed by atoms with E-state index in [2.05, 4.69) is 24.1 Å². The summed E-state index contributed by atoms with van der Waals surface area (Å²) >= 11 is 0. The second-order valence-electron chi connectivity index (χ2n) is 4.00. The van der Waals surface area contributed by atoms with Crippen molar-refractivity contribution in [1.29, 1.82) is 5.41 Å². The minimum absolute atomic E-state index is 0.445. The fourth-order valence-corrected chi connectivity index (χ4v) is 1.42. The van der Waals surface area contributed by atoms with E-state index in [9.17, 15) is 0 Å². The highest BCUT2D eigenvalue weighted by Crippen LogP contribution is 2.12. The van der Waals surface area contributed by atoms with Crippen molar-refractivity contribution in [2.75, 3.05) is 19.7 Å². The van der Waals surface area contributed by atoms with E-state index in [0.29, 0.717) is 31.3 Å². The van der Waals surface area contributed by atoms with Crippen LogP contribution in [0.1, 0.15) is 13.3 Å². The highest BCUT2D eigenvalue weighted by Gasteiger charge is 2.15. The zero-order valence-electron chi connectivity index (χ0n) is 9.68. The molecule has 5 N–H and O–H groups in total. The van der Waals surface area contributed by atoms with Gasteiger partial charge in [0, 0.05) is 30.8 Å². The van der Waals surface area contributed by atoms with Crippen LogP contribution in [-0.2, 0) is 4.74 Å². The summed E-state index contributed by atoms with van der Waals surface area (Å²) in [6.45, 7) is 7.92. The standard InChI is InChI=1S/C11H20N4O/c1-8-6-15-11(16-7-8)10(5-12)3-4-14-9(2)13/h5,8,12,14-15H,2-4,6-7,13H2,1H3/b11-10+,12-5?. The quantitative estimate of drug-likeness (QED) is 0.513. The normalized spacial score (nSPS) is 22.7. The lowest BCUT2D eigenvalue weighted by atomic mass is 10.1. The maximum atomic E-state index is 7.35. The van der Waals surface area contributed by atoms with E-state index in [4.69, 9.17) is 15.9 Å². The lowest BCUT2D eigenvalue weighted by Crippen LogP contribution is -2.33. The molecular formula is C11H20N4O.